The van der Waals surface area contributed by atoms with Crippen LogP contribution in [0.1, 0.15) is 23.7 Å². The Bertz CT molecular complexity index is 618. The molecule has 1 aromatic carbocycles. The molecular formula is C16H19ClN2O4. The van der Waals surface area contributed by atoms with Crippen LogP contribution in [0.3, 0.4) is 0 Å². The number of benzene rings is 1. The Morgan fingerprint density at radius 2 is 2.22 bits per heavy atom. The standard InChI is InChI=1S/C16H19ClN2O4/c1-11(18-16(22)19-7-3-2-4-8-19)10-23-12-5-6-14(17)13(9-12)15(20)21/h2-3,5-6,9,11H,4,7-8,10H2,1H3,(H,18,22)(H,20,21). The number of rotatable bonds is 5. The van der Waals surface area contributed by atoms with Crippen LogP contribution >= 0.6 is 11.6 Å². The minimum absolute atomic E-state index is 0.0130. The zero-order valence-corrected chi connectivity index (χ0v) is 13.5. The molecule has 2 N–H and O–H groups in total. The average Bonchev–Trinajstić information content (AvgIpc) is 2.54. The van der Waals surface area contributed by atoms with E-state index < -0.39 is 5.97 Å². The first-order chi connectivity index (χ1) is 11.0. The summed E-state index contributed by atoms with van der Waals surface area (Å²) in [5.74, 6) is -0.714. The summed E-state index contributed by atoms with van der Waals surface area (Å²) in [5, 5.41) is 12.0. The Hall–Kier alpha value is -2.21. The topological polar surface area (TPSA) is 78.9 Å². The fourth-order valence-corrected chi connectivity index (χ4v) is 2.35. The fourth-order valence-electron chi connectivity index (χ4n) is 2.15. The van der Waals surface area contributed by atoms with Gasteiger partial charge >= 0.3 is 12.0 Å². The van der Waals surface area contributed by atoms with Crippen LogP contribution in [0.15, 0.2) is 30.4 Å². The lowest BCUT2D eigenvalue weighted by Gasteiger charge is -2.25. The number of carbonyl (C=O) groups is 2. The van der Waals surface area contributed by atoms with Crippen LogP contribution in [0.25, 0.3) is 0 Å². The van der Waals surface area contributed by atoms with Crippen LogP contribution in [-0.4, -0.2) is 47.7 Å². The third-order valence-corrected chi connectivity index (χ3v) is 3.71. The number of amides is 2. The van der Waals surface area contributed by atoms with E-state index in [1.807, 2.05) is 13.0 Å². The zero-order chi connectivity index (χ0) is 16.8. The highest BCUT2D eigenvalue weighted by atomic mass is 35.5. The maximum absolute atomic E-state index is 12.0. The van der Waals surface area contributed by atoms with Gasteiger partial charge in [-0.25, -0.2) is 9.59 Å². The van der Waals surface area contributed by atoms with Gasteiger partial charge in [-0.2, -0.15) is 0 Å². The summed E-state index contributed by atoms with van der Waals surface area (Å²) in [5.41, 5.74) is -0.0130. The molecule has 0 fully saturated rings. The molecule has 1 aliphatic rings. The molecule has 0 bridgehead atoms. The van der Waals surface area contributed by atoms with Crippen molar-refractivity contribution >= 4 is 23.6 Å². The van der Waals surface area contributed by atoms with Crippen molar-refractivity contribution < 1.29 is 19.4 Å². The van der Waals surface area contributed by atoms with Crippen LogP contribution in [0.4, 0.5) is 4.79 Å². The van der Waals surface area contributed by atoms with Gasteiger partial charge in [0, 0.05) is 13.1 Å². The molecule has 0 saturated carbocycles. The molecule has 1 aromatic rings. The van der Waals surface area contributed by atoms with Gasteiger partial charge in [-0.05, 0) is 31.5 Å². The number of nitrogens with zero attached hydrogens (tertiary/aromatic N) is 1. The van der Waals surface area contributed by atoms with Gasteiger partial charge in [-0.15, -0.1) is 0 Å². The van der Waals surface area contributed by atoms with Crippen molar-refractivity contribution in [3.63, 3.8) is 0 Å². The summed E-state index contributed by atoms with van der Waals surface area (Å²) in [6.45, 7) is 3.37. The van der Waals surface area contributed by atoms with Crippen molar-refractivity contribution in [2.24, 2.45) is 0 Å². The summed E-state index contributed by atoms with van der Waals surface area (Å²) in [7, 11) is 0. The third kappa shape index (κ3) is 4.89. The Kier molecular flexibility index (Phi) is 5.87. The van der Waals surface area contributed by atoms with Gasteiger partial charge in [-0.3, -0.25) is 0 Å². The summed E-state index contributed by atoms with van der Waals surface area (Å²) in [6, 6.07) is 4.10. The second-order valence-corrected chi connectivity index (χ2v) is 5.72. The van der Waals surface area contributed by atoms with Gasteiger partial charge in [0.15, 0.2) is 0 Å². The van der Waals surface area contributed by atoms with Crippen LogP contribution in [0, 0.1) is 0 Å². The number of halogens is 1. The molecule has 6 nitrogen and oxygen atoms in total. The second-order valence-electron chi connectivity index (χ2n) is 5.31. The zero-order valence-electron chi connectivity index (χ0n) is 12.8. The summed E-state index contributed by atoms with van der Waals surface area (Å²) in [6.07, 6.45) is 4.88. The summed E-state index contributed by atoms with van der Waals surface area (Å²) in [4.78, 5) is 24.8. The van der Waals surface area contributed by atoms with E-state index in [0.29, 0.717) is 18.8 Å². The number of hydrogen-bond donors (Lipinski definition) is 2. The molecule has 1 atom stereocenters. The Labute approximate surface area is 139 Å². The highest BCUT2D eigenvalue weighted by Crippen LogP contribution is 2.22. The number of carbonyl (C=O) groups excluding carboxylic acids is 1. The molecule has 2 rings (SSSR count). The Morgan fingerprint density at radius 3 is 2.87 bits per heavy atom. The van der Waals surface area contributed by atoms with Crippen molar-refractivity contribution in [2.75, 3.05) is 19.7 Å². The van der Waals surface area contributed by atoms with Gasteiger partial charge < -0.3 is 20.1 Å². The molecule has 0 saturated heterocycles. The number of carboxylic acid groups (broad SMARTS) is 1. The van der Waals surface area contributed by atoms with E-state index in [-0.39, 0.29) is 29.3 Å². The van der Waals surface area contributed by atoms with Gasteiger partial charge in [0.1, 0.15) is 12.4 Å². The Morgan fingerprint density at radius 1 is 1.43 bits per heavy atom. The molecule has 0 aliphatic carbocycles. The molecule has 7 heteroatoms. The molecule has 0 radical (unpaired) electrons. The lowest BCUT2D eigenvalue weighted by molar-refractivity contribution is 0.0696. The third-order valence-electron chi connectivity index (χ3n) is 3.38. The molecule has 1 aliphatic heterocycles. The molecular weight excluding hydrogens is 320 g/mol. The number of hydrogen-bond acceptors (Lipinski definition) is 3. The van der Waals surface area contributed by atoms with Crippen LogP contribution in [0.2, 0.25) is 5.02 Å². The van der Waals surface area contributed by atoms with Gasteiger partial charge in [0.25, 0.3) is 0 Å². The predicted octanol–water partition coefficient (Wildman–Crippen LogP) is 2.78. The normalized spacial score (nSPS) is 15.1. The number of carboxylic acids is 1. The largest absolute Gasteiger partial charge is 0.491 e. The first-order valence-corrected chi connectivity index (χ1v) is 7.71. The van der Waals surface area contributed by atoms with Crippen molar-refractivity contribution in [2.45, 2.75) is 19.4 Å². The molecule has 23 heavy (non-hydrogen) atoms. The maximum atomic E-state index is 12.0. The highest BCUT2D eigenvalue weighted by Gasteiger charge is 2.16. The minimum Gasteiger partial charge on any atom is -0.491 e. The lowest BCUT2D eigenvalue weighted by Crippen LogP contribution is -2.46. The van der Waals surface area contributed by atoms with E-state index in [2.05, 4.69) is 11.4 Å². The summed E-state index contributed by atoms with van der Waals surface area (Å²) >= 11 is 5.80. The van der Waals surface area contributed by atoms with Crippen molar-refractivity contribution in [1.82, 2.24) is 10.2 Å². The van der Waals surface area contributed by atoms with Gasteiger partial charge in [0.2, 0.25) is 0 Å². The number of nitrogens with one attached hydrogen (secondary N) is 1. The predicted molar refractivity (Wildman–Crippen MR) is 87.2 cm³/mol. The van der Waals surface area contributed by atoms with E-state index in [0.717, 1.165) is 6.42 Å². The Balaban J connectivity index is 1.85. The average molecular weight is 339 g/mol. The SMILES string of the molecule is CC(COc1ccc(Cl)c(C(=O)O)c1)NC(=O)N1CC=CCC1. The number of urea groups is 1. The maximum Gasteiger partial charge on any atom is 0.337 e. The monoisotopic (exact) mass is 338 g/mol. The minimum atomic E-state index is -1.11. The first-order valence-electron chi connectivity index (χ1n) is 7.33. The van der Waals surface area contributed by atoms with E-state index in [1.54, 1.807) is 11.0 Å². The van der Waals surface area contributed by atoms with Crippen molar-refractivity contribution in [1.29, 1.82) is 0 Å². The summed E-state index contributed by atoms with van der Waals surface area (Å²) < 4.78 is 5.53. The van der Waals surface area contributed by atoms with Crippen molar-refractivity contribution in [3.8, 4) is 5.75 Å². The molecule has 1 unspecified atom stereocenters. The van der Waals surface area contributed by atoms with Gasteiger partial charge in [0.05, 0.1) is 16.6 Å². The van der Waals surface area contributed by atoms with E-state index in [4.69, 9.17) is 21.4 Å². The van der Waals surface area contributed by atoms with E-state index in [1.165, 1.54) is 12.1 Å². The molecule has 124 valence electrons. The van der Waals surface area contributed by atoms with Crippen LogP contribution in [0.5, 0.6) is 5.75 Å². The molecule has 0 spiro atoms. The number of ether oxygens (including phenoxy) is 1. The molecule has 2 amide bonds. The van der Waals surface area contributed by atoms with Crippen LogP contribution in [-0.2, 0) is 0 Å². The quantitative estimate of drug-likeness (QED) is 0.809. The van der Waals surface area contributed by atoms with Crippen LogP contribution < -0.4 is 10.1 Å². The van der Waals surface area contributed by atoms with Crippen molar-refractivity contribution in [3.05, 3.63) is 40.9 Å². The van der Waals surface area contributed by atoms with Gasteiger partial charge in [-0.1, -0.05) is 23.8 Å². The van der Waals surface area contributed by atoms with E-state index >= 15 is 0 Å². The first kappa shape index (κ1) is 17.1. The number of aromatic carboxylic acids is 1. The fraction of sp³-hybridized carbons (Fsp3) is 0.375. The molecule has 0 aromatic heterocycles. The van der Waals surface area contributed by atoms with E-state index in [9.17, 15) is 9.59 Å². The highest BCUT2D eigenvalue weighted by molar-refractivity contribution is 6.33. The lowest BCUT2D eigenvalue weighted by atomic mass is 10.2. The molecule has 1 heterocycles. The second kappa shape index (κ2) is 7.87. The smallest absolute Gasteiger partial charge is 0.337 e.